The number of rotatable bonds is 6. The average molecular weight is 532 g/mol. The lowest BCUT2D eigenvalue weighted by Crippen LogP contribution is -2.30. The Kier molecular flexibility index (Phi) is 7.70. The summed E-state index contributed by atoms with van der Waals surface area (Å²) >= 11 is 6.19. The zero-order valence-corrected chi connectivity index (χ0v) is 23.5. The quantitative estimate of drug-likeness (QED) is 0.201. The van der Waals surface area contributed by atoms with Crippen LogP contribution in [0, 0.1) is 13.8 Å². The van der Waals surface area contributed by atoms with Crippen molar-refractivity contribution in [1.82, 2.24) is 0 Å². The maximum Gasteiger partial charge on any atom is 0.300 e. The molecule has 1 amide bonds. The van der Waals surface area contributed by atoms with E-state index in [1.54, 1.807) is 36.4 Å². The van der Waals surface area contributed by atoms with Crippen LogP contribution in [0.25, 0.3) is 5.76 Å². The fourth-order valence-corrected chi connectivity index (χ4v) is 5.00. The largest absolute Gasteiger partial charge is 0.507 e. The Bertz CT molecular complexity index is 1420. The fraction of sp³-hybridized carbons (Fsp3) is 0.312. The molecule has 0 radical (unpaired) electrons. The average Bonchev–Trinajstić information content (AvgIpc) is 3.12. The molecule has 1 heterocycles. The molecule has 5 nitrogen and oxygen atoms in total. The minimum atomic E-state index is -0.805. The summed E-state index contributed by atoms with van der Waals surface area (Å²) in [6, 6.07) is 17.5. The lowest BCUT2D eigenvalue weighted by atomic mass is 9.85. The number of carbonyl (C=O) groups is 2. The van der Waals surface area contributed by atoms with Crippen LogP contribution in [0.15, 0.2) is 66.2 Å². The summed E-state index contributed by atoms with van der Waals surface area (Å²) in [6.07, 6.45) is 0.878. The molecule has 4 rings (SSSR count). The molecule has 1 atom stereocenters. The van der Waals surface area contributed by atoms with E-state index < -0.39 is 17.7 Å². The number of benzene rings is 3. The third-order valence-corrected chi connectivity index (χ3v) is 7.10. The van der Waals surface area contributed by atoms with Crippen LogP contribution in [0.3, 0.4) is 0 Å². The lowest BCUT2D eigenvalue weighted by Gasteiger charge is -2.28. The summed E-state index contributed by atoms with van der Waals surface area (Å²) in [6.45, 7) is 12.7. The van der Waals surface area contributed by atoms with Crippen molar-refractivity contribution >= 4 is 34.7 Å². The van der Waals surface area contributed by atoms with Gasteiger partial charge < -0.3 is 9.84 Å². The molecule has 1 saturated heterocycles. The van der Waals surface area contributed by atoms with E-state index in [1.807, 2.05) is 45.0 Å². The first-order valence-electron chi connectivity index (χ1n) is 12.9. The Morgan fingerprint density at radius 1 is 0.974 bits per heavy atom. The van der Waals surface area contributed by atoms with E-state index in [0.717, 1.165) is 34.4 Å². The smallest absolute Gasteiger partial charge is 0.300 e. The molecule has 1 N–H and O–H groups in total. The number of hydrogen-bond acceptors (Lipinski definition) is 4. The maximum absolute atomic E-state index is 13.5. The molecule has 0 aromatic heterocycles. The first-order chi connectivity index (χ1) is 17.9. The third kappa shape index (κ3) is 5.21. The van der Waals surface area contributed by atoms with Crippen LogP contribution in [0.1, 0.15) is 68.0 Å². The SMILES string of the molecule is CCCOc1ccc(/C(O)=C2\C(=O)C(=O)N(c3ccc(Cl)cc3C)C2c2ccc(C(C)(C)C)cc2)cc1C. The van der Waals surface area contributed by atoms with Gasteiger partial charge in [0.25, 0.3) is 11.7 Å². The monoisotopic (exact) mass is 531 g/mol. The number of halogens is 1. The number of carbonyl (C=O) groups excluding carboxylic acids is 2. The number of Topliss-reactive ketones (excluding diaryl/α,β-unsaturated/α-hetero) is 1. The van der Waals surface area contributed by atoms with Gasteiger partial charge in [0.2, 0.25) is 0 Å². The van der Waals surface area contributed by atoms with Gasteiger partial charge in [0.15, 0.2) is 0 Å². The van der Waals surface area contributed by atoms with Crippen molar-refractivity contribution in [3.05, 3.63) is 99.1 Å². The van der Waals surface area contributed by atoms with Crippen molar-refractivity contribution in [2.45, 2.75) is 59.4 Å². The highest BCUT2D eigenvalue weighted by Gasteiger charge is 2.47. The van der Waals surface area contributed by atoms with Gasteiger partial charge in [-0.1, -0.05) is 63.6 Å². The van der Waals surface area contributed by atoms with E-state index in [1.165, 1.54) is 4.90 Å². The Morgan fingerprint density at radius 3 is 2.24 bits per heavy atom. The Morgan fingerprint density at radius 2 is 1.66 bits per heavy atom. The van der Waals surface area contributed by atoms with Crippen LogP contribution in [-0.4, -0.2) is 23.4 Å². The highest BCUT2D eigenvalue weighted by atomic mass is 35.5. The number of hydrogen-bond donors (Lipinski definition) is 1. The van der Waals surface area contributed by atoms with Crippen LogP contribution in [0.5, 0.6) is 5.75 Å². The lowest BCUT2D eigenvalue weighted by molar-refractivity contribution is -0.132. The van der Waals surface area contributed by atoms with Gasteiger partial charge in [-0.2, -0.15) is 0 Å². The number of amides is 1. The minimum Gasteiger partial charge on any atom is -0.507 e. The molecule has 6 heteroatoms. The summed E-state index contributed by atoms with van der Waals surface area (Å²) in [5.41, 5.74) is 4.45. The molecule has 3 aromatic rings. The zero-order chi connectivity index (χ0) is 27.8. The summed E-state index contributed by atoms with van der Waals surface area (Å²) < 4.78 is 5.77. The van der Waals surface area contributed by atoms with Crippen molar-refractivity contribution in [2.75, 3.05) is 11.5 Å². The first-order valence-corrected chi connectivity index (χ1v) is 13.2. The molecule has 1 fully saturated rings. The van der Waals surface area contributed by atoms with Crippen LogP contribution < -0.4 is 9.64 Å². The molecule has 1 unspecified atom stereocenters. The number of ether oxygens (including phenoxy) is 1. The number of anilines is 1. The van der Waals surface area contributed by atoms with E-state index in [-0.39, 0.29) is 16.7 Å². The zero-order valence-electron chi connectivity index (χ0n) is 22.8. The van der Waals surface area contributed by atoms with Crippen molar-refractivity contribution in [1.29, 1.82) is 0 Å². The van der Waals surface area contributed by atoms with Gasteiger partial charge in [-0.05, 0) is 84.3 Å². The van der Waals surface area contributed by atoms with E-state index in [4.69, 9.17) is 16.3 Å². The molecule has 1 aliphatic rings. The van der Waals surface area contributed by atoms with E-state index in [0.29, 0.717) is 22.9 Å². The molecule has 3 aromatic carbocycles. The molecule has 0 aliphatic carbocycles. The molecule has 0 spiro atoms. The maximum atomic E-state index is 13.5. The number of aliphatic hydroxyl groups is 1. The van der Waals surface area contributed by atoms with Crippen molar-refractivity contribution in [2.24, 2.45) is 0 Å². The standard InChI is InChI=1S/C32H34ClNO4/c1-7-16-38-26-15-10-22(17-20(26)3)29(35)27-28(21-8-11-23(12-9-21)32(4,5)6)34(31(37)30(27)36)25-14-13-24(33)18-19(25)2/h8-15,17-18,28,35H,7,16H2,1-6H3/b29-27+. The molecule has 0 bridgehead atoms. The van der Waals surface area contributed by atoms with Gasteiger partial charge in [-0.3, -0.25) is 14.5 Å². The van der Waals surface area contributed by atoms with E-state index in [9.17, 15) is 14.7 Å². The molecular formula is C32H34ClNO4. The van der Waals surface area contributed by atoms with Crippen molar-refractivity contribution < 1.29 is 19.4 Å². The summed E-state index contributed by atoms with van der Waals surface area (Å²) in [4.78, 5) is 28.5. The highest BCUT2D eigenvalue weighted by Crippen LogP contribution is 2.44. The van der Waals surface area contributed by atoms with Gasteiger partial charge in [-0.15, -0.1) is 0 Å². The number of ketones is 1. The predicted octanol–water partition coefficient (Wildman–Crippen LogP) is 7.67. The van der Waals surface area contributed by atoms with Crippen molar-refractivity contribution in [3.8, 4) is 5.75 Å². The molecule has 38 heavy (non-hydrogen) atoms. The van der Waals surface area contributed by atoms with Gasteiger partial charge in [0, 0.05) is 16.3 Å². The van der Waals surface area contributed by atoms with E-state index in [2.05, 4.69) is 20.8 Å². The molecule has 198 valence electrons. The number of aliphatic hydroxyl groups excluding tert-OH is 1. The van der Waals surface area contributed by atoms with Gasteiger partial charge >= 0.3 is 0 Å². The van der Waals surface area contributed by atoms with Gasteiger partial charge in [0.05, 0.1) is 18.2 Å². The molecule has 1 aliphatic heterocycles. The molecule has 0 saturated carbocycles. The second kappa shape index (κ2) is 10.7. The van der Waals surface area contributed by atoms with Gasteiger partial charge in [-0.25, -0.2) is 0 Å². The summed E-state index contributed by atoms with van der Waals surface area (Å²) in [7, 11) is 0. The first kappa shape index (κ1) is 27.5. The normalized spacial score (nSPS) is 17.2. The topological polar surface area (TPSA) is 66.8 Å². The van der Waals surface area contributed by atoms with Crippen molar-refractivity contribution in [3.63, 3.8) is 0 Å². The van der Waals surface area contributed by atoms with Crippen LogP contribution in [0.4, 0.5) is 5.69 Å². The molecular weight excluding hydrogens is 498 g/mol. The third-order valence-electron chi connectivity index (χ3n) is 6.87. The second-order valence-electron chi connectivity index (χ2n) is 10.8. The van der Waals surface area contributed by atoms with E-state index >= 15 is 0 Å². The van der Waals surface area contributed by atoms with Crippen LogP contribution in [-0.2, 0) is 15.0 Å². The number of aryl methyl sites for hydroxylation is 2. The van der Waals surface area contributed by atoms with Crippen LogP contribution >= 0.6 is 11.6 Å². The fourth-order valence-electron chi connectivity index (χ4n) is 4.78. The van der Waals surface area contributed by atoms with Crippen LogP contribution in [0.2, 0.25) is 5.02 Å². The predicted molar refractivity (Wildman–Crippen MR) is 153 cm³/mol. The Balaban J connectivity index is 1.90. The second-order valence-corrected chi connectivity index (χ2v) is 11.2. The summed E-state index contributed by atoms with van der Waals surface area (Å²) in [5.74, 6) is -0.922. The summed E-state index contributed by atoms with van der Waals surface area (Å²) in [5, 5.41) is 12.0. The minimum absolute atomic E-state index is 0.0504. The Hall–Kier alpha value is -3.57. The Labute approximate surface area is 229 Å². The highest BCUT2D eigenvalue weighted by molar-refractivity contribution is 6.51. The van der Waals surface area contributed by atoms with Gasteiger partial charge in [0.1, 0.15) is 11.5 Å². The number of nitrogens with zero attached hydrogens (tertiary/aromatic N) is 1.